The summed E-state index contributed by atoms with van der Waals surface area (Å²) in [5, 5.41) is 4.47. The molecule has 0 saturated carbocycles. The summed E-state index contributed by atoms with van der Waals surface area (Å²) in [6, 6.07) is 2.28. The van der Waals surface area contributed by atoms with Gasteiger partial charge in [0.15, 0.2) is 0 Å². The van der Waals surface area contributed by atoms with Crippen LogP contribution in [0.2, 0.25) is 0 Å². The standard InChI is InChI=1S/C15H27N3O/c1-7-11(2)18-9-8-12(17-18)10-13(19)14(3,4)15(5,6)16/h8-9,11H,7,10,16H2,1-6H3. The predicted molar refractivity (Wildman–Crippen MR) is 78.0 cm³/mol. The summed E-state index contributed by atoms with van der Waals surface area (Å²) in [7, 11) is 0. The van der Waals surface area contributed by atoms with Crippen LogP contribution in [0.5, 0.6) is 0 Å². The first-order chi connectivity index (χ1) is 8.59. The van der Waals surface area contributed by atoms with Crippen molar-refractivity contribution in [1.82, 2.24) is 9.78 Å². The summed E-state index contributed by atoms with van der Waals surface area (Å²) in [4.78, 5) is 12.4. The van der Waals surface area contributed by atoms with E-state index in [-0.39, 0.29) is 5.78 Å². The van der Waals surface area contributed by atoms with Crippen molar-refractivity contribution in [3.63, 3.8) is 0 Å². The highest BCUT2D eigenvalue weighted by atomic mass is 16.1. The lowest BCUT2D eigenvalue weighted by Crippen LogP contribution is -2.52. The first-order valence-corrected chi connectivity index (χ1v) is 6.95. The largest absolute Gasteiger partial charge is 0.325 e. The van der Waals surface area contributed by atoms with Crippen molar-refractivity contribution in [1.29, 1.82) is 0 Å². The third-order valence-electron chi connectivity index (χ3n) is 4.36. The topological polar surface area (TPSA) is 60.9 Å². The van der Waals surface area contributed by atoms with E-state index in [1.807, 2.05) is 44.6 Å². The van der Waals surface area contributed by atoms with E-state index >= 15 is 0 Å². The minimum absolute atomic E-state index is 0.134. The van der Waals surface area contributed by atoms with Crippen molar-refractivity contribution in [3.8, 4) is 0 Å². The normalized spacial score (nSPS) is 14.5. The molecule has 0 aliphatic heterocycles. The first kappa shape index (κ1) is 15.9. The molecule has 4 heteroatoms. The van der Waals surface area contributed by atoms with Gasteiger partial charge in [-0.15, -0.1) is 0 Å². The molecule has 0 aromatic carbocycles. The molecule has 1 unspecified atom stereocenters. The molecule has 0 saturated heterocycles. The van der Waals surface area contributed by atoms with Crippen LogP contribution in [0.4, 0.5) is 0 Å². The highest BCUT2D eigenvalue weighted by Gasteiger charge is 2.39. The molecule has 1 heterocycles. The summed E-state index contributed by atoms with van der Waals surface area (Å²) in [5.74, 6) is 0.134. The molecule has 1 atom stereocenters. The molecule has 0 bridgehead atoms. The fraction of sp³-hybridized carbons (Fsp3) is 0.733. The first-order valence-electron chi connectivity index (χ1n) is 6.95. The van der Waals surface area contributed by atoms with E-state index in [0.717, 1.165) is 12.1 Å². The van der Waals surface area contributed by atoms with Gasteiger partial charge in [0.05, 0.1) is 12.1 Å². The van der Waals surface area contributed by atoms with Crippen molar-refractivity contribution in [2.45, 2.75) is 66.0 Å². The predicted octanol–water partition coefficient (Wildman–Crippen LogP) is 2.73. The summed E-state index contributed by atoms with van der Waals surface area (Å²) in [6.07, 6.45) is 3.31. The van der Waals surface area contributed by atoms with E-state index in [0.29, 0.717) is 12.5 Å². The molecule has 0 amide bonds. The van der Waals surface area contributed by atoms with Gasteiger partial charge in [-0.1, -0.05) is 20.8 Å². The zero-order valence-corrected chi connectivity index (χ0v) is 13.0. The summed E-state index contributed by atoms with van der Waals surface area (Å²) < 4.78 is 1.92. The lowest BCUT2D eigenvalue weighted by atomic mass is 9.71. The van der Waals surface area contributed by atoms with Gasteiger partial charge in [0.2, 0.25) is 0 Å². The molecule has 0 aliphatic carbocycles. The lowest BCUT2D eigenvalue weighted by Gasteiger charge is -2.36. The monoisotopic (exact) mass is 265 g/mol. The van der Waals surface area contributed by atoms with E-state index in [1.54, 1.807) is 0 Å². The van der Waals surface area contributed by atoms with Crippen LogP contribution >= 0.6 is 0 Å². The Morgan fingerprint density at radius 3 is 2.47 bits per heavy atom. The smallest absolute Gasteiger partial charge is 0.146 e. The number of carbonyl (C=O) groups excluding carboxylic acids is 1. The highest BCUT2D eigenvalue weighted by Crippen LogP contribution is 2.30. The summed E-state index contributed by atoms with van der Waals surface area (Å²) >= 11 is 0. The molecule has 0 radical (unpaired) electrons. The van der Waals surface area contributed by atoms with Crippen molar-refractivity contribution in [2.75, 3.05) is 0 Å². The molecule has 19 heavy (non-hydrogen) atoms. The maximum absolute atomic E-state index is 12.4. The Morgan fingerprint density at radius 2 is 2.00 bits per heavy atom. The SMILES string of the molecule is CCC(C)n1ccc(CC(=O)C(C)(C)C(C)(C)N)n1. The summed E-state index contributed by atoms with van der Waals surface area (Å²) in [5.41, 5.74) is 5.82. The van der Waals surface area contributed by atoms with Gasteiger partial charge in [0, 0.05) is 23.2 Å². The molecule has 1 aromatic rings. The molecule has 1 rings (SSSR count). The van der Waals surface area contributed by atoms with Crippen LogP contribution in [0.25, 0.3) is 0 Å². The van der Waals surface area contributed by atoms with E-state index in [4.69, 9.17) is 5.73 Å². The lowest BCUT2D eigenvalue weighted by molar-refractivity contribution is -0.129. The molecular formula is C15H27N3O. The number of rotatable bonds is 6. The maximum Gasteiger partial charge on any atom is 0.146 e. The molecule has 0 spiro atoms. The number of carbonyl (C=O) groups is 1. The molecule has 0 fully saturated rings. The zero-order chi connectivity index (χ0) is 14.8. The Morgan fingerprint density at radius 1 is 1.42 bits per heavy atom. The minimum atomic E-state index is -0.562. The average molecular weight is 265 g/mol. The van der Waals surface area contributed by atoms with Gasteiger partial charge in [0.25, 0.3) is 0 Å². The van der Waals surface area contributed by atoms with Gasteiger partial charge in [-0.3, -0.25) is 9.48 Å². The van der Waals surface area contributed by atoms with Gasteiger partial charge >= 0.3 is 0 Å². The Bertz CT molecular complexity index is 440. The van der Waals surface area contributed by atoms with E-state index in [2.05, 4.69) is 18.9 Å². The van der Waals surface area contributed by atoms with Gasteiger partial charge < -0.3 is 5.73 Å². The number of hydrogen-bond donors (Lipinski definition) is 1. The number of aromatic nitrogens is 2. The second-order valence-corrected chi connectivity index (χ2v) is 6.49. The summed E-state index contributed by atoms with van der Waals surface area (Å²) in [6.45, 7) is 11.8. The van der Waals surface area contributed by atoms with Crippen LogP contribution in [0.1, 0.15) is 59.7 Å². The number of nitrogens with zero attached hydrogens (tertiary/aromatic N) is 2. The van der Waals surface area contributed by atoms with Gasteiger partial charge in [-0.2, -0.15) is 5.10 Å². The van der Waals surface area contributed by atoms with Gasteiger partial charge in [-0.05, 0) is 33.3 Å². The van der Waals surface area contributed by atoms with Crippen molar-refractivity contribution < 1.29 is 4.79 Å². The van der Waals surface area contributed by atoms with Crippen LogP contribution in [0, 0.1) is 5.41 Å². The molecule has 4 nitrogen and oxygen atoms in total. The Kier molecular flexibility index (Phi) is 4.56. The second-order valence-electron chi connectivity index (χ2n) is 6.49. The van der Waals surface area contributed by atoms with Crippen LogP contribution in [-0.2, 0) is 11.2 Å². The van der Waals surface area contributed by atoms with Crippen molar-refractivity contribution >= 4 is 5.78 Å². The van der Waals surface area contributed by atoms with E-state index in [1.165, 1.54) is 0 Å². The molecule has 2 N–H and O–H groups in total. The average Bonchev–Trinajstić information content (AvgIpc) is 2.74. The van der Waals surface area contributed by atoms with Crippen LogP contribution in [0.3, 0.4) is 0 Å². The third-order valence-corrected chi connectivity index (χ3v) is 4.36. The third kappa shape index (κ3) is 3.44. The fourth-order valence-electron chi connectivity index (χ4n) is 1.65. The molecule has 0 aliphatic rings. The number of Topliss-reactive ketones (excluding diaryl/α,β-unsaturated/α-hetero) is 1. The minimum Gasteiger partial charge on any atom is -0.325 e. The van der Waals surface area contributed by atoms with Crippen molar-refractivity contribution in [2.24, 2.45) is 11.1 Å². The second kappa shape index (κ2) is 5.45. The van der Waals surface area contributed by atoms with Gasteiger partial charge in [0.1, 0.15) is 5.78 Å². The van der Waals surface area contributed by atoms with Crippen molar-refractivity contribution in [3.05, 3.63) is 18.0 Å². The molecular weight excluding hydrogens is 238 g/mol. The molecule has 108 valence electrons. The Hall–Kier alpha value is -1.16. The zero-order valence-electron chi connectivity index (χ0n) is 13.0. The quantitative estimate of drug-likeness (QED) is 0.860. The van der Waals surface area contributed by atoms with E-state index in [9.17, 15) is 4.79 Å². The Balaban J connectivity index is 2.81. The fourth-order valence-corrected chi connectivity index (χ4v) is 1.65. The number of nitrogens with two attached hydrogens (primary N) is 1. The van der Waals surface area contributed by atoms with Crippen LogP contribution < -0.4 is 5.73 Å². The maximum atomic E-state index is 12.4. The molecule has 1 aromatic heterocycles. The number of ketones is 1. The highest BCUT2D eigenvalue weighted by molar-refractivity contribution is 5.87. The Labute approximate surface area is 116 Å². The van der Waals surface area contributed by atoms with Crippen LogP contribution in [-0.4, -0.2) is 21.1 Å². The van der Waals surface area contributed by atoms with E-state index < -0.39 is 11.0 Å². The van der Waals surface area contributed by atoms with Crippen LogP contribution in [0.15, 0.2) is 12.3 Å². The van der Waals surface area contributed by atoms with Gasteiger partial charge in [-0.25, -0.2) is 0 Å². The number of hydrogen-bond acceptors (Lipinski definition) is 3.